The molecule has 0 aromatic carbocycles. The summed E-state index contributed by atoms with van der Waals surface area (Å²) in [6.45, 7) is 5.99. The lowest BCUT2D eigenvalue weighted by atomic mass is 10.1. The van der Waals surface area contributed by atoms with Crippen LogP contribution in [0.25, 0.3) is 0 Å². The first-order valence-electron chi connectivity index (χ1n) is 6.75. The van der Waals surface area contributed by atoms with E-state index >= 15 is 0 Å². The van der Waals surface area contributed by atoms with Gasteiger partial charge in [0.05, 0.1) is 24.9 Å². The number of aliphatic carboxylic acids is 1. The maximum absolute atomic E-state index is 11.2. The molecule has 1 saturated heterocycles. The highest BCUT2D eigenvalue weighted by Gasteiger charge is 2.30. The van der Waals surface area contributed by atoms with Crippen LogP contribution < -0.4 is 5.32 Å². The van der Waals surface area contributed by atoms with Gasteiger partial charge in [-0.2, -0.15) is 11.8 Å². The lowest BCUT2D eigenvalue weighted by Gasteiger charge is -2.31. The highest BCUT2D eigenvalue weighted by Crippen LogP contribution is 2.19. The van der Waals surface area contributed by atoms with Crippen LogP contribution in [-0.2, 0) is 9.53 Å². The van der Waals surface area contributed by atoms with Crippen LogP contribution in [-0.4, -0.2) is 69.3 Å². The molecule has 1 rings (SSSR count). The molecule has 1 fully saturated rings. The summed E-state index contributed by atoms with van der Waals surface area (Å²) in [4.78, 5) is 11.2. The van der Waals surface area contributed by atoms with Crippen molar-refractivity contribution in [2.75, 3.05) is 18.1 Å². The zero-order chi connectivity index (χ0) is 15.3. The summed E-state index contributed by atoms with van der Waals surface area (Å²) in [7, 11) is 0. The molecule has 4 atom stereocenters. The molecule has 6 nitrogen and oxygen atoms in total. The van der Waals surface area contributed by atoms with Crippen LogP contribution in [0, 0.1) is 0 Å². The molecule has 0 saturated carbocycles. The minimum Gasteiger partial charge on any atom is -0.480 e. The third-order valence-corrected chi connectivity index (χ3v) is 4.05. The van der Waals surface area contributed by atoms with E-state index in [9.17, 15) is 20.1 Å². The predicted octanol–water partition coefficient (Wildman–Crippen LogP) is 0.0716. The summed E-state index contributed by atoms with van der Waals surface area (Å²) in [6.07, 6.45) is -1.33. The summed E-state index contributed by atoms with van der Waals surface area (Å²) < 4.78 is 5.36. The third kappa shape index (κ3) is 6.41. The van der Waals surface area contributed by atoms with E-state index in [2.05, 4.69) is 5.32 Å². The Labute approximate surface area is 123 Å². The number of carbonyl (C=O) groups is 1. The van der Waals surface area contributed by atoms with Crippen LogP contribution in [0.1, 0.15) is 27.2 Å². The molecule has 7 heteroatoms. The molecule has 1 aliphatic rings. The Morgan fingerprint density at radius 2 is 2.10 bits per heavy atom. The molecule has 0 amide bonds. The van der Waals surface area contributed by atoms with Gasteiger partial charge in [-0.05, 0) is 20.8 Å². The van der Waals surface area contributed by atoms with Crippen LogP contribution in [0.15, 0.2) is 0 Å². The third-order valence-electron chi connectivity index (χ3n) is 2.92. The normalized spacial score (nSPS) is 29.1. The Bertz CT molecular complexity index is 320. The van der Waals surface area contributed by atoms with E-state index in [4.69, 9.17) is 4.74 Å². The first kappa shape index (κ1) is 17.7. The van der Waals surface area contributed by atoms with Crippen molar-refractivity contribution >= 4 is 17.7 Å². The number of hydrogen-bond acceptors (Lipinski definition) is 6. The van der Waals surface area contributed by atoms with Crippen molar-refractivity contribution in [1.82, 2.24) is 5.32 Å². The van der Waals surface area contributed by atoms with Gasteiger partial charge >= 0.3 is 5.97 Å². The summed E-state index contributed by atoms with van der Waals surface area (Å²) in [5.74, 6) is 0.0403. The number of aliphatic hydroxyl groups excluding tert-OH is 2. The van der Waals surface area contributed by atoms with Gasteiger partial charge in [-0.1, -0.05) is 0 Å². The molecule has 0 bridgehead atoms. The van der Waals surface area contributed by atoms with Crippen molar-refractivity contribution in [3.8, 4) is 0 Å². The Hall–Kier alpha value is -0.340. The van der Waals surface area contributed by atoms with Gasteiger partial charge in [-0.15, -0.1) is 0 Å². The number of rotatable bonds is 6. The number of carboxylic acids is 1. The molecule has 0 aromatic heterocycles. The minimum absolute atomic E-state index is 0.227. The van der Waals surface area contributed by atoms with Crippen molar-refractivity contribution in [3.05, 3.63) is 0 Å². The summed E-state index contributed by atoms with van der Waals surface area (Å²) >= 11 is 1.43. The Morgan fingerprint density at radius 1 is 1.45 bits per heavy atom. The number of aliphatic hydroxyl groups is 2. The van der Waals surface area contributed by atoms with Crippen molar-refractivity contribution < 1.29 is 24.9 Å². The molecule has 0 aliphatic carbocycles. The van der Waals surface area contributed by atoms with E-state index in [-0.39, 0.29) is 18.2 Å². The highest BCUT2D eigenvalue weighted by atomic mass is 32.2. The molecule has 4 N–H and O–H groups in total. The number of nitrogens with one attached hydrogen (secondary N) is 1. The van der Waals surface area contributed by atoms with Crippen LogP contribution in [0.5, 0.6) is 0 Å². The molecule has 1 aliphatic heterocycles. The fraction of sp³-hybridized carbons (Fsp3) is 0.923. The van der Waals surface area contributed by atoms with Crippen LogP contribution in [0.4, 0.5) is 0 Å². The second kappa shape index (κ2) is 7.61. The fourth-order valence-electron chi connectivity index (χ4n) is 2.00. The molecule has 0 aromatic rings. The van der Waals surface area contributed by atoms with Gasteiger partial charge in [-0.3, -0.25) is 10.1 Å². The van der Waals surface area contributed by atoms with Gasteiger partial charge in [0.25, 0.3) is 0 Å². The molecular formula is C13H25NO5S. The molecule has 20 heavy (non-hydrogen) atoms. The maximum Gasteiger partial charge on any atom is 0.321 e. The SMILES string of the molecule is CC(C)(C)NC(CSCC1OCC(O)C[C@@H]1O)C(=O)O. The molecular weight excluding hydrogens is 282 g/mol. The molecule has 1 heterocycles. The minimum atomic E-state index is -0.882. The average Bonchev–Trinajstić information content (AvgIpc) is 2.28. The Balaban J connectivity index is 2.35. The Kier molecular flexibility index (Phi) is 6.74. The van der Waals surface area contributed by atoms with Gasteiger partial charge in [0, 0.05) is 23.5 Å². The molecule has 3 unspecified atom stereocenters. The zero-order valence-corrected chi connectivity index (χ0v) is 13.0. The predicted molar refractivity (Wildman–Crippen MR) is 78.0 cm³/mol. The van der Waals surface area contributed by atoms with Gasteiger partial charge in [0.1, 0.15) is 6.04 Å². The first-order valence-corrected chi connectivity index (χ1v) is 7.90. The van der Waals surface area contributed by atoms with Crippen molar-refractivity contribution in [3.63, 3.8) is 0 Å². The van der Waals surface area contributed by atoms with Crippen molar-refractivity contribution in [1.29, 1.82) is 0 Å². The van der Waals surface area contributed by atoms with Crippen molar-refractivity contribution in [2.45, 2.75) is 57.1 Å². The van der Waals surface area contributed by atoms with E-state index in [0.29, 0.717) is 17.9 Å². The molecule has 0 radical (unpaired) electrons. The quantitative estimate of drug-likeness (QED) is 0.551. The fourth-order valence-corrected chi connectivity index (χ4v) is 3.15. The van der Waals surface area contributed by atoms with Gasteiger partial charge in [0.2, 0.25) is 0 Å². The van der Waals surface area contributed by atoms with Crippen molar-refractivity contribution in [2.24, 2.45) is 0 Å². The lowest BCUT2D eigenvalue weighted by Crippen LogP contribution is -2.49. The monoisotopic (exact) mass is 307 g/mol. The standard InChI is InChI=1S/C13H25NO5S/c1-13(2,3)14-9(12(17)18)6-20-7-11-10(16)4-8(15)5-19-11/h8-11,14-16H,4-7H2,1-3H3,(H,17,18)/t8?,9?,10-,11?/m0/s1. The van der Waals surface area contributed by atoms with Crippen LogP contribution in [0.2, 0.25) is 0 Å². The van der Waals surface area contributed by atoms with E-state index in [1.807, 2.05) is 20.8 Å². The van der Waals surface area contributed by atoms with E-state index in [0.717, 1.165) is 0 Å². The number of ether oxygens (including phenoxy) is 1. The largest absolute Gasteiger partial charge is 0.480 e. The topological polar surface area (TPSA) is 99.0 Å². The van der Waals surface area contributed by atoms with E-state index in [1.54, 1.807) is 0 Å². The lowest BCUT2D eigenvalue weighted by molar-refractivity contribution is -0.139. The highest BCUT2D eigenvalue weighted by molar-refractivity contribution is 7.99. The molecule has 0 spiro atoms. The van der Waals surface area contributed by atoms with E-state index < -0.39 is 24.2 Å². The average molecular weight is 307 g/mol. The number of carboxylic acid groups (broad SMARTS) is 1. The second-order valence-electron chi connectivity index (χ2n) is 6.15. The van der Waals surface area contributed by atoms with E-state index in [1.165, 1.54) is 11.8 Å². The maximum atomic E-state index is 11.2. The smallest absolute Gasteiger partial charge is 0.321 e. The zero-order valence-electron chi connectivity index (χ0n) is 12.2. The van der Waals surface area contributed by atoms with Crippen LogP contribution in [0.3, 0.4) is 0 Å². The van der Waals surface area contributed by atoms with Crippen LogP contribution >= 0.6 is 11.8 Å². The number of thioether (sulfide) groups is 1. The summed E-state index contributed by atoms with van der Waals surface area (Å²) in [6, 6.07) is -0.633. The Morgan fingerprint density at radius 3 is 2.60 bits per heavy atom. The molecule has 118 valence electrons. The summed E-state index contributed by atoms with van der Waals surface area (Å²) in [5.41, 5.74) is -0.269. The first-order chi connectivity index (χ1) is 9.19. The van der Waals surface area contributed by atoms with Gasteiger partial charge < -0.3 is 20.1 Å². The van der Waals surface area contributed by atoms with Gasteiger partial charge in [0.15, 0.2) is 0 Å². The second-order valence-corrected chi connectivity index (χ2v) is 7.23. The van der Waals surface area contributed by atoms with Gasteiger partial charge in [-0.25, -0.2) is 0 Å². The number of hydrogen-bond donors (Lipinski definition) is 4. The summed E-state index contributed by atoms with van der Waals surface area (Å²) in [5, 5.41) is 31.3.